The number of nitrogens with two attached hydrogens (primary N) is 1. The Morgan fingerprint density at radius 1 is 1.29 bits per heavy atom. The standard InChI is InChI=1S/C12H11N3OS/c1-17-12-14-7-9(11(13)15-12)10(16)8-5-3-2-4-6-8/h2-7H,1H3,(H2,13,14,15). The summed E-state index contributed by atoms with van der Waals surface area (Å²) in [7, 11) is 0. The van der Waals surface area contributed by atoms with E-state index >= 15 is 0 Å². The molecule has 0 aliphatic heterocycles. The number of benzene rings is 1. The summed E-state index contributed by atoms with van der Waals surface area (Å²) in [6.07, 6.45) is 3.33. The molecule has 0 radical (unpaired) electrons. The number of hydrogen-bond donors (Lipinski definition) is 1. The average Bonchev–Trinajstić information content (AvgIpc) is 2.39. The van der Waals surface area contributed by atoms with Crippen LogP contribution in [0.25, 0.3) is 0 Å². The van der Waals surface area contributed by atoms with E-state index in [4.69, 9.17) is 5.73 Å². The van der Waals surface area contributed by atoms with Crippen molar-refractivity contribution in [2.24, 2.45) is 0 Å². The number of rotatable bonds is 3. The van der Waals surface area contributed by atoms with Crippen LogP contribution < -0.4 is 5.73 Å². The molecule has 4 nitrogen and oxygen atoms in total. The fourth-order valence-electron chi connectivity index (χ4n) is 1.40. The van der Waals surface area contributed by atoms with Gasteiger partial charge in [-0.3, -0.25) is 4.79 Å². The Kier molecular flexibility index (Phi) is 3.39. The third-order valence-electron chi connectivity index (χ3n) is 2.26. The van der Waals surface area contributed by atoms with E-state index in [0.29, 0.717) is 16.3 Å². The highest BCUT2D eigenvalue weighted by Gasteiger charge is 2.14. The minimum absolute atomic E-state index is 0.157. The molecule has 2 rings (SSSR count). The lowest BCUT2D eigenvalue weighted by Gasteiger charge is -2.04. The highest BCUT2D eigenvalue weighted by Crippen LogP contribution is 2.17. The van der Waals surface area contributed by atoms with Crippen molar-refractivity contribution in [1.29, 1.82) is 0 Å². The van der Waals surface area contributed by atoms with Gasteiger partial charge >= 0.3 is 0 Å². The molecule has 2 N–H and O–H groups in total. The van der Waals surface area contributed by atoms with Crippen molar-refractivity contribution in [2.45, 2.75) is 5.16 Å². The number of thioether (sulfide) groups is 1. The molecule has 0 fully saturated rings. The number of aromatic nitrogens is 2. The van der Waals surface area contributed by atoms with Gasteiger partial charge in [0, 0.05) is 11.8 Å². The smallest absolute Gasteiger partial charge is 0.198 e. The van der Waals surface area contributed by atoms with Crippen molar-refractivity contribution >= 4 is 23.4 Å². The van der Waals surface area contributed by atoms with Gasteiger partial charge in [-0.25, -0.2) is 9.97 Å². The molecule has 0 aliphatic rings. The van der Waals surface area contributed by atoms with Crippen LogP contribution in [-0.4, -0.2) is 22.0 Å². The van der Waals surface area contributed by atoms with Crippen LogP contribution in [0.15, 0.2) is 41.7 Å². The van der Waals surface area contributed by atoms with Gasteiger partial charge in [0.05, 0.1) is 5.56 Å². The third-order valence-corrected chi connectivity index (χ3v) is 2.82. The first-order chi connectivity index (χ1) is 8.22. The summed E-state index contributed by atoms with van der Waals surface area (Å²) < 4.78 is 0. The van der Waals surface area contributed by atoms with Gasteiger partial charge in [0.1, 0.15) is 5.82 Å². The molecular weight excluding hydrogens is 234 g/mol. The maximum Gasteiger partial charge on any atom is 0.198 e. The maximum atomic E-state index is 12.1. The van der Waals surface area contributed by atoms with E-state index in [-0.39, 0.29) is 11.6 Å². The Morgan fingerprint density at radius 2 is 2.00 bits per heavy atom. The fourth-order valence-corrected chi connectivity index (χ4v) is 1.74. The van der Waals surface area contributed by atoms with Gasteiger partial charge in [-0.15, -0.1) is 0 Å². The Labute approximate surface area is 103 Å². The second kappa shape index (κ2) is 4.97. The normalized spacial score (nSPS) is 10.2. The van der Waals surface area contributed by atoms with Crippen LogP contribution >= 0.6 is 11.8 Å². The predicted octanol–water partition coefficient (Wildman–Crippen LogP) is 2.01. The number of carbonyl (C=O) groups is 1. The molecule has 0 saturated heterocycles. The minimum Gasteiger partial charge on any atom is -0.383 e. The van der Waals surface area contributed by atoms with Crippen LogP contribution in [0.5, 0.6) is 0 Å². The second-order valence-electron chi connectivity index (χ2n) is 3.35. The molecule has 1 aromatic heterocycles. The van der Waals surface area contributed by atoms with Gasteiger partial charge in [-0.2, -0.15) is 0 Å². The number of nitrogens with zero attached hydrogens (tertiary/aromatic N) is 2. The van der Waals surface area contributed by atoms with Crippen molar-refractivity contribution in [3.63, 3.8) is 0 Å². The Balaban J connectivity index is 2.38. The first-order valence-corrected chi connectivity index (χ1v) is 6.21. The molecule has 5 heteroatoms. The average molecular weight is 245 g/mol. The molecule has 0 saturated carbocycles. The molecule has 0 amide bonds. The summed E-state index contributed by atoms with van der Waals surface area (Å²) in [5.41, 5.74) is 6.67. The molecule has 86 valence electrons. The van der Waals surface area contributed by atoms with Gasteiger partial charge in [0.25, 0.3) is 0 Å². The zero-order valence-electron chi connectivity index (χ0n) is 9.25. The van der Waals surface area contributed by atoms with Crippen LogP contribution in [0.1, 0.15) is 15.9 Å². The van der Waals surface area contributed by atoms with Crippen LogP contribution in [-0.2, 0) is 0 Å². The monoisotopic (exact) mass is 245 g/mol. The number of nitrogen functional groups attached to an aromatic ring is 1. The van der Waals surface area contributed by atoms with Crippen molar-refractivity contribution in [1.82, 2.24) is 9.97 Å². The summed E-state index contributed by atoms with van der Waals surface area (Å²) in [6, 6.07) is 8.95. The molecule has 1 aromatic carbocycles. The zero-order chi connectivity index (χ0) is 12.3. The van der Waals surface area contributed by atoms with Crippen molar-refractivity contribution in [2.75, 3.05) is 12.0 Å². The molecular formula is C12H11N3OS. The molecule has 0 atom stereocenters. The largest absolute Gasteiger partial charge is 0.383 e. The van der Waals surface area contributed by atoms with E-state index in [1.165, 1.54) is 18.0 Å². The first-order valence-electron chi connectivity index (χ1n) is 4.98. The molecule has 17 heavy (non-hydrogen) atoms. The van der Waals surface area contributed by atoms with Crippen molar-refractivity contribution in [3.8, 4) is 0 Å². The molecule has 0 bridgehead atoms. The maximum absolute atomic E-state index is 12.1. The quantitative estimate of drug-likeness (QED) is 0.509. The van der Waals surface area contributed by atoms with E-state index in [2.05, 4.69) is 9.97 Å². The third kappa shape index (κ3) is 2.45. The molecule has 2 aromatic rings. The van der Waals surface area contributed by atoms with Gasteiger partial charge in [0.2, 0.25) is 0 Å². The molecule has 0 unspecified atom stereocenters. The topological polar surface area (TPSA) is 68.9 Å². The lowest BCUT2D eigenvalue weighted by atomic mass is 10.1. The molecule has 0 spiro atoms. The van der Waals surface area contributed by atoms with Crippen LogP contribution in [0, 0.1) is 0 Å². The Morgan fingerprint density at radius 3 is 2.59 bits per heavy atom. The van der Waals surface area contributed by atoms with Crippen LogP contribution in [0.3, 0.4) is 0 Å². The van der Waals surface area contributed by atoms with Crippen LogP contribution in [0.2, 0.25) is 0 Å². The predicted molar refractivity (Wildman–Crippen MR) is 68.1 cm³/mol. The fraction of sp³-hybridized carbons (Fsp3) is 0.0833. The SMILES string of the molecule is CSc1ncc(C(=O)c2ccccc2)c(N)n1. The number of hydrogen-bond acceptors (Lipinski definition) is 5. The van der Waals surface area contributed by atoms with Gasteiger partial charge in [-0.05, 0) is 6.26 Å². The lowest BCUT2D eigenvalue weighted by molar-refractivity contribution is 0.103. The first kappa shape index (κ1) is 11.6. The van der Waals surface area contributed by atoms with Crippen LogP contribution in [0.4, 0.5) is 5.82 Å². The highest BCUT2D eigenvalue weighted by molar-refractivity contribution is 7.98. The summed E-state index contributed by atoms with van der Waals surface area (Å²) in [4.78, 5) is 20.2. The van der Waals surface area contributed by atoms with E-state index in [1.54, 1.807) is 24.3 Å². The van der Waals surface area contributed by atoms with E-state index in [1.807, 2.05) is 12.3 Å². The van der Waals surface area contributed by atoms with E-state index in [0.717, 1.165) is 0 Å². The minimum atomic E-state index is -0.157. The van der Waals surface area contributed by atoms with Gasteiger partial charge in [-0.1, -0.05) is 42.1 Å². The zero-order valence-corrected chi connectivity index (χ0v) is 10.1. The summed E-state index contributed by atoms with van der Waals surface area (Å²) >= 11 is 1.39. The van der Waals surface area contributed by atoms with Crippen molar-refractivity contribution < 1.29 is 4.79 Å². The summed E-state index contributed by atoms with van der Waals surface area (Å²) in [5, 5.41) is 0.562. The number of ketones is 1. The molecule has 1 heterocycles. The summed E-state index contributed by atoms with van der Waals surface area (Å²) in [5.74, 6) is 0.0638. The second-order valence-corrected chi connectivity index (χ2v) is 4.12. The number of carbonyl (C=O) groups excluding carboxylic acids is 1. The lowest BCUT2D eigenvalue weighted by Crippen LogP contribution is -2.08. The highest BCUT2D eigenvalue weighted by atomic mass is 32.2. The Bertz CT molecular complexity index is 543. The van der Waals surface area contributed by atoms with E-state index in [9.17, 15) is 4.79 Å². The van der Waals surface area contributed by atoms with Crippen molar-refractivity contribution in [3.05, 3.63) is 47.7 Å². The summed E-state index contributed by atoms with van der Waals surface area (Å²) in [6.45, 7) is 0. The molecule has 0 aliphatic carbocycles. The van der Waals surface area contributed by atoms with Gasteiger partial charge in [0.15, 0.2) is 10.9 Å². The Hall–Kier alpha value is -1.88. The number of anilines is 1. The van der Waals surface area contributed by atoms with Gasteiger partial charge < -0.3 is 5.73 Å². The van der Waals surface area contributed by atoms with E-state index < -0.39 is 0 Å².